The molecule has 1 aliphatic heterocycles. The summed E-state index contributed by atoms with van der Waals surface area (Å²) in [5.41, 5.74) is 4.34. The monoisotopic (exact) mass is 510 g/mol. The van der Waals surface area contributed by atoms with E-state index < -0.39 is 11.8 Å². The number of hydrogen-bond acceptors (Lipinski definition) is 6. The lowest BCUT2D eigenvalue weighted by molar-refractivity contribution is 0.0924. The Kier molecular flexibility index (Phi) is 6.42. The third-order valence-electron chi connectivity index (χ3n) is 6.56. The highest BCUT2D eigenvalue weighted by Gasteiger charge is 2.36. The van der Waals surface area contributed by atoms with Gasteiger partial charge in [0, 0.05) is 5.56 Å². The zero-order valence-electron chi connectivity index (χ0n) is 21.4. The first-order valence-corrected chi connectivity index (χ1v) is 12.0. The Morgan fingerprint density at radius 1 is 0.868 bits per heavy atom. The van der Waals surface area contributed by atoms with E-state index in [-0.39, 0.29) is 5.91 Å². The fourth-order valence-corrected chi connectivity index (χ4v) is 4.58. The minimum atomic E-state index is -0.411. The molecule has 9 nitrogen and oxygen atoms in total. The molecule has 0 bridgehead atoms. The van der Waals surface area contributed by atoms with Gasteiger partial charge in [0.1, 0.15) is 0 Å². The maximum atomic E-state index is 13.2. The summed E-state index contributed by atoms with van der Waals surface area (Å²) in [6, 6.07) is 18.8. The number of ether oxygens (including phenoxy) is 2. The Morgan fingerprint density at radius 2 is 1.55 bits per heavy atom. The number of aryl methyl sites for hydroxylation is 1. The van der Waals surface area contributed by atoms with Crippen molar-refractivity contribution in [2.24, 2.45) is 0 Å². The first-order chi connectivity index (χ1) is 18.3. The van der Waals surface area contributed by atoms with E-state index in [1.54, 1.807) is 61.4 Å². The van der Waals surface area contributed by atoms with E-state index in [0.717, 1.165) is 16.2 Å². The van der Waals surface area contributed by atoms with Gasteiger partial charge in [-0.15, -0.1) is 0 Å². The van der Waals surface area contributed by atoms with Crippen LogP contribution in [0.3, 0.4) is 0 Å². The van der Waals surface area contributed by atoms with Crippen molar-refractivity contribution < 1.29 is 23.9 Å². The van der Waals surface area contributed by atoms with Crippen LogP contribution in [0.25, 0.3) is 0 Å². The molecule has 2 heterocycles. The lowest BCUT2D eigenvalue weighted by Crippen LogP contribution is -2.29. The summed E-state index contributed by atoms with van der Waals surface area (Å²) in [4.78, 5) is 40.1. The molecule has 0 aliphatic carbocycles. The van der Waals surface area contributed by atoms with Gasteiger partial charge < -0.3 is 14.8 Å². The zero-order valence-corrected chi connectivity index (χ0v) is 21.4. The SMILES string of the molecule is COc1ccc(Cn2nc(C)c(NC(=O)c3cccc(N4C(=O)c5ccccc5C4=O)c3)c2C)cc1OC. The molecule has 3 amide bonds. The van der Waals surface area contributed by atoms with Crippen LogP contribution in [0.2, 0.25) is 0 Å². The van der Waals surface area contributed by atoms with Crippen LogP contribution >= 0.6 is 0 Å². The van der Waals surface area contributed by atoms with Crippen LogP contribution in [0.4, 0.5) is 11.4 Å². The normalized spacial score (nSPS) is 12.5. The van der Waals surface area contributed by atoms with Gasteiger partial charge in [-0.3, -0.25) is 19.1 Å². The predicted octanol–water partition coefficient (Wildman–Crippen LogP) is 4.62. The Hall–Kier alpha value is -4.92. The van der Waals surface area contributed by atoms with Gasteiger partial charge in [-0.1, -0.05) is 24.3 Å². The van der Waals surface area contributed by atoms with E-state index in [4.69, 9.17) is 9.47 Å². The number of anilines is 2. The summed E-state index contributed by atoms with van der Waals surface area (Å²) < 4.78 is 12.5. The van der Waals surface area contributed by atoms with Gasteiger partial charge in [0.05, 0.1) is 54.7 Å². The summed E-state index contributed by atoms with van der Waals surface area (Å²) in [6.07, 6.45) is 0. The van der Waals surface area contributed by atoms with Gasteiger partial charge in [-0.25, -0.2) is 4.90 Å². The molecule has 9 heteroatoms. The fraction of sp³-hybridized carbons (Fsp3) is 0.172. The number of fused-ring (bicyclic) bond motifs is 1. The molecule has 0 saturated carbocycles. The standard InChI is InChI=1S/C29H26N4O5/c1-17-26(18(2)32(31-17)16-19-12-13-24(37-3)25(14-19)38-4)30-27(34)20-8-7-9-21(15-20)33-28(35)22-10-5-6-11-23(22)29(33)36/h5-15H,16H2,1-4H3,(H,30,34). The van der Waals surface area contributed by atoms with Crippen LogP contribution in [0, 0.1) is 13.8 Å². The number of imide groups is 1. The molecular formula is C29H26N4O5. The highest BCUT2D eigenvalue weighted by molar-refractivity contribution is 6.34. The second-order valence-corrected chi connectivity index (χ2v) is 8.89. The summed E-state index contributed by atoms with van der Waals surface area (Å²) in [6.45, 7) is 4.17. The Morgan fingerprint density at radius 3 is 2.21 bits per heavy atom. The van der Waals surface area contributed by atoms with Crippen LogP contribution in [0.5, 0.6) is 11.5 Å². The van der Waals surface area contributed by atoms with Crippen LogP contribution in [0.15, 0.2) is 66.7 Å². The summed E-state index contributed by atoms with van der Waals surface area (Å²) in [7, 11) is 3.17. The van der Waals surface area contributed by atoms with Gasteiger partial charge in [-0.2, -0.15) is 5.10 Å². The van der Waals surface area contributed by atoms with E-state index in [1.807, 2.05) is 32.0 Å². The van der Waals surface area contributed by atoms with Crippen molar-refractivity contribution in [1.82, 2.24) is 9.78 Å². The summed E-state index contributed by atoms with van der Waals surface area (Å²) in [5, 5.41) is 7.55. The Labute approximate surface area is 219 Å². The van der Waals surface area contributed by atoms with Gasteiger partial charge in [0.15, 0.2) is 11.5 Å². The molecule has 192 valence electrons. The minimum absolute atomic E-state index is 0.311. The van der Waals surface area contributed by atoms with Crippen LogP contribution < -0.4 is 19.7 Å². The predicted molar refractivity (Wildman–Crippen MR) is 142 cm³/mol. The number of amides is 3. The van der Waals surface area contributed by atoms with E-state index >= 15 is 0 Å². The maximum Gasteiger partial charge on any atom is 0.266 e. The fourth-order valence-electron chi connectivity index (χ4n) is 4.58. The van der Waals surface area contributed by atoms with Crippen molar-refractivity contribution in [2.75, 3.05) is 24.4 Å². The number of aromatic nitrogens is 2. The molecule has 38 heavy (non-hydrogen) atoms. The van der Waals surface area contributed by atoms with Gasteiger partial charge in [0.2, 0.25) is 0 Å². The summed E-state index contributed by atoms with van der Waals surface area (Å²) in [5.74, 6) is 0.0666. The molecule has 4 aromatic rings. The third-order valence-corrected chi connectivity index (χ3v) is 6.56. The van der Waals surface area contributed by atoms with Gasteiger partial charge in [0.25, 0.3) is 17.7 Å². The lowest BCUT2D eigenvalue weighted by atomic mass is 10.1. The number of nitrogens with one attached hydrogen (secondary N) is 1. The van der Waals surface area contributed by atoms with Gasteiger partial charge in [-0.05, 0) is 61.9 Å². The second-order valence-electron chi connectivity index (χ2n) is 8.89. The number of carbonyl (C=O) groups excluding carboxylic acids is 3. The number of nitrogens with zero attached hydrogens (tertiary/aromatic N) is 3. The molecule has 0 fully saturated rings. The van der Waals surface area contributed by atoms with Crippen molar-refractivity contribution >= 4 is 29.1 Å². The third kappa shape index (κ3) is 4.28. The highest BCUT2D eigenvalue weighted by Crippen LogP contribution is 2.30. The maximum absolute atomic E-state index is 13.2. The number of carbonyl (C=O) groups is 3. The first-order valence-electron chi connectivity index (χ1n) is 12.0. The Bertz CT molecular complexity index is 1550. The molecule has 0 radical (unpaired) electrons. The van der Waals surface area contributed by atoms with Crippen molar-refractivity contribution in [2.45, 2.75) is 20.4 Å². The van der Waals surface area contributed by atoms with Gasteiger partial charge >= 0.3 is 0 Å². The van der Waals surface area contributed by atoms with Crippen molar-refractivity contribution in [3.63, 3.8) is 0 Å². The Balaban J connectivity index is 1.36. The average Bonchev–Trinajstić information content (AvgIpc) is 3.35. The van der Waals surface area contributed by atoms with Crippen LogP contribution in [-0.2, 0) is 6.54 Å². The number of hydrogen-bond donors (Lipinski definition) is 1. The van der Waals surface area contributed by atoms with E-state index in [0.29, 0.717) is 51.8 Å². The van der Waals surface area contributed by atoms with E-state index in [9.17, 15) is 14.4 Å². The largest absolute Gasteiger partial charge is 0.493 e. The van der Waals surface area contributed by atoms with Crippen molar-refractivity contribution in [1.29, 1.82) is 0 Å². The molecule has 0 unspecified atom stereocenters. The van der Waals surface area contributed by atoms with Crippen molar-refractivity contribution in [3.8, 4) is 11.5 Å². The molecule has 0 saturated heterocycles. The molecule has 0 spiro atoms. The van der Waals surface area contributed by atoms with Crippen molar-refractivity contribution in [3.05, 3.63) is 100 Å². The molecule has 5 rings (SSSR count). The number of methoxy groups -OCH3 is 2. The zero-order chi connectivity index (χ0) is 27.0. The molecule has 1 N–H and O–H groups in total. The number of benzene rings is 3. The molecule has 1 aromatic heterocycles. The molecule has 3 aromatic carbocycles. The quantitative estimate of drug-likeness (QED) is 0.364. The molecule has 0 atom stereocenters. The topological polar surface area (TPSA) is 103 Å². The molecular weight excluding hydrogens is 484 g/mol. The van der Waals surface area contributed by atoms with E-state index in [1.165, 1.54) is 6.07 Å². The average molecular weight is 511 g/mol. The lowest BCUT2D eigenvalue weighted by Gasteiger charge is -2.15. The summed E-state index contributed by atoms with van der Waals surface area (Å²) >= 11 is 0. The second kappa shape index (κ2) is 9.85. The van der Waals surface area contributed by atoms with Crippen LogP contribution in [0.1, 0.15) is 48.0 Å². The van der Waals surface area contributed by atoms with E-state index in [2.05, 4.69) is 10.4 Å². The smallest absolute Gasteiger partial charge is 0.266 e. The van der Waals surface area contributed by atoms with Crippen LogP contribution in [-0.4, -0.2) is 41.7 Å². The molecule has 1 aliphatic rings. The highest BCUT2D eigenvalue weighted by atomic mass is 16.5. The number of rotatable bonds is 7. The first kappa shape index (κ1) is 24.8. The minimum Gasteiger partial charge on any atom is -0.493 e.